The smallest absolute Gasteiger partial charge is 0.143 e. The number of allylic oxidation sites excluding steroid dienone is 1. The average molecular weight is 293 g/mol. The van der Waals surface area contributed by atoms with Gasteiger partial charge in [-0.25, -0.2) is 0 Å². The molecule has 1 saturated heterocycles. The van der Waals surface area contributed by atoms with Crippen LogP contribution >= 0.6 is 0 Å². The van der Waals surface area contributed by atoms with Gasteiger partial charge in [0.1, 0.15) is 6.29 Å². The maximum Gasteiger partial charge on any atom is 0.143 e. The van der Waals surface area contributed by atoms with Crippen LogP contribution in [0.3, 0.4) is 0 Å². The topological polar surface area (TPSA) is 29.5 Å². The van der Waals surface area contributed by atoms with Crippen molar-refractivity contribution in [3.05, 3.63) is 71.8 Å². The van der Waals surface area contributed by atoms with E-state index >= 15 is 0 Å². The molecule has 0 atom stereocenters. The predicted octanol–water partition coefficient (Wildman–Crippen LogP) is 3.15. The van der Waals surface area contributed by atoms with E-state index in [-0.39, 0.29) is 0 Å². The molecule has 2 aromatic rings. The second-order valence-electron chi connectivity index (χ2n) is 5.23. The van der Waals surface area contributed by atoms with Crippen molar-refractivity contribution in [2.75, 3.05) is 31.2 Å². The van der Waals surface area contributed by atoms with Gasteiger partial charge >= 0.3 is 0 Å². The first-order chi connectivity index (χ1) is 10.9. The maximum atomic E-state index is 11.0. The van der Waals surface area contributed by atoms with Crippen molar-refractivity contribution in [3.63, 3.8) is 0 Å². The fourth-order valence-corrected chi connectivity index (χ4v) is 2.72. The van der Waals surface area contributed by atoms with E-state index in [1.165, 1.54) is 5.69 Å². The average Bonchev–Trinajstić information content (AvgIpc) is 2.61. The first-order valence-electron chi connectivity index (χ1n) is 7.52. The molecule has 1 fully saturated rings. The van der Waals surface area contributed by atoms with Gasteiger partial charge in [-0.3, -0.25) is 4.79 Å². The SMILES string of the molecule is O=CC=C(c1ccccc1)c1ccc(N2CCOCC2)cc1. The van der Waals surface area contributed by atoms with Crippen molar-refractivity contribution in [2.24, 2.45) is 0 Å². The van der Waals surface area contributed by atoms with E-state index in [2.05, 4.69) is 29.2 Å². The summed E-state index contributed by atoms with van der Waals surface area (Å²) in [6.45, 7) is 3.41. The predicted molar refractivity (Wildman–Crippen MR) is 89.1 cm³/mol. The third-order valence-electron chi connectivity index (χ3n) is 3.87. The second-order valence-corrected chi connectivity index (χ2v) is 5.23. The van der Waals surface area contributed by atoms with Gasteiger partial charge in [0.15, 0.2) is 0 Å². The van der Waals surface area contributed by atoms with Crippen LogP contribution < -0.4 is 4.90 Å². The largest absolute Gasteiger partial charge is 0.378 e. The van der Waals surface area contributed by atoms with Crippen molar-refractivity contribution in [2.45, 2.75) is 0 Å². The summed E-state index contributed by atoms with van der Waals surface area (Å²) in [6.07, 6.45) is 2.47. The molecule has 22 heavy (non-hydrogen) atoms. The highest BCUT2D eigenvalue weighted by atomic mass is 16.5. The van der Waals surface area contributed by atoms with Crippen LogP contribution in [0.2, 0.25) is 0 Å². The Morgan fingerprint density at radius 1 is 0.909 bits per heavy atom. The van der Waals surface area contributed by atoms with Gasteiger partial charge in [-0.05, 0) is 34.9 Å². The number of ether oxygens (including phenoxy) is 1. The van der Waals surface area contributed by atoms with Crippen molar-refractivity contribution in [1.82, 2.24) is 0 Å². The summed E-state index contributed by atoms with van der Waals surface area (Å²) >= 11 is 0. The van der Waals surface area contributed by atoms with Crippen LogP contribution in [-0.2, 0) is 9.53 Å². The lowest BCUT2D eigenvalue weighted by molar-refractivity contribution is -0.104. The summed E-state index contributed by atoms with van der Waals surface area (Å²) in [5, 5.41) is 0. The minimum absolute atomic E-state index is 0.780. The minimum atomic E-state index is 0.780. The van der Waals surface area contributed by atoms with Gasteiger partial charge in [-0.1, -0.05) is 42.5 Å². The van der Waals surface area contributed by atoms with Gasteiger partial charge in [0, 0.05) is 18.8 Å². The van der Waals surface area contributed by atoms with Crippen molar-refractivity contribution in [3.8, 4) is 0 Å². The number of hydrogen-bond donors (Lipinski definition) is 0. The van der Waals surface area contributed by atoms with Crippen LogP contribution in [0.15, 0.2) is 60.7 Å². The highest BCUT2D eigenvalue weighted by Gasteiger charge is 2.11. The normalized spacial score (nSPS) is 15.6. The lowest BCUT2D eigenvalue weighted by Gasteiger charge is -2.29. The summed E-state index contributed by atoms with van der Waals surface area (Å²) in [4.78, 5) is 13.3. The van der Waals surface area contributed by atoms with Crippen LogP contribution in [-0.4, -0.2) is 32.6 Å². The van der Waals surface area contributed by atoms with Gasteiger partial charge in [0.25, 0.3) is 0 Å². The Kier molecular flexibility index (Phi) is 4.66. The number of benzene rings is 2. The van der Waals surface area contributed by atoms with Crippen LogP contribution in [0, 0.1) is 0 Å². The second kappa shape index (κ2) is 7.05. The molecule has 0 unspecified atom stereocenters. The summed E-state index contributed by atoms with van der Waals surface area (Å²) in [6, 6.07) is 18.4. The molecule has 0 aliphatic carbocycles. The van der Waals surface area contributed by atoms with E-state index in [0.717, 1.165) is 49.3 Å². The van der Waals surface area contributed by atoms with Crippen molar-refractivity contribution in [1.29, 1.82) is 0 Å². The first kappa shape index (κ1) is 14.5. The number of anilines is 1. The third kappa shape index (κ3) is 3.26. The molecule has 0 radical (unpaired) electrons. The van der Waals surface area contributed by atoms with Crippen LogP contribution in [0.4, 0.5) is 5.69 Å². The molecule has 0 aromatic heterocycles. The van der Waals surface area contributed by atoms with Crippen molar-refractivity contribution < 1.29 is 9.53 Å². The standard InChI is InChI=1S/C19H19NO2/c21-13-10-19(16-4-2-1-3-5-16)17-6-8-18(9-7-17)20-11-14-22-15-12-20/h1-10,13H,11-12,14-15H2. The molecule has 3 nitrogen and oxygen atoms in total. The summed E-state index contributed by atoms with van der Waals surface area (Å²) in [5.41, 5.74) is 4.25. The number of carbonyl (C=O) groups is 1. The molecule has 0 bridgehead atoms. The minimum Gasteiger partial charge on any atom is -0.378 e. The lowest BCUT2D eigenvalue weighted by atomic mass is 9.97. The Balaban J connectivity index is 1.86. The van der Waals surface area contributed by atoms with Gasteiger partial charge < -0.3 is 9.64 Å². The third-order valence-corrected chi connectivity index (χ3v) is 3.87. The van der Waals surface area contributed by atoms with Crippen LogP contribution in [0.25, 0.3) is 5.57 Å². The van der Waals surface area contributed by atoms with E-state index in [4.69, 9.17) is 4.74 Å². The lowest BCUT2D eigenvalue weighted by Crippen LogP contribution is -2.36. The van der Waals surface area contributed by atoms with E-state index in [1.54, 1.807) is 6.08 Å². The maximum absolute atomic E-state index is 11.0. The Labute approximate surface area is 130 Å². The molecule has 1 aliphatic rings. The number of carbonyl (C=O) groups excluding carboxylic acids is 1. The van der Waals surface area contributed by atoms with Crippen molar-refractivity contribution >= 4 is 17.5 Å². The first-order valence-corrected chi connectivity index (χ1v) is 7.52. The van der Waals surface area contributed by atoms with E-state index in [9.17, 15) is 4.79 Å². The number of nitrogens with zero attached hydrogens (tertiary/aromatic N) is 1. The zero-order chi connectivity index (χ0) is 15.2. The number of hydrogen-bond acceptors (Lipinski definition) is 3. The molecule has 1 aliphatic heterocycles. The molecule has 2 aromatic carbocycles. The zero-order valence-corrected chi connectivity index (χ0v) is 12.4. The van der Waals surface area contributed by atoms with E-state index < -0.39 is 0 Å². The van der Waals surface area contributed by atoms with E-state index in [0.29, 0.717) is 0 Å². The molecule has 0 spiro atoms. The van der Waals surface area contributed by atoms with Crippen LogP contribution in [0.1, 0.15) is 11.1 Å². The zero-order valence-electron chi connectivity index (χ0n) is 12.4. The molecule has 0 saturated carbocycles. The van der Waals surface area contributed by atoms with Gasteiger partial charge in [-0.15, -0.1) is 0 Å². The fourth-order valence-electron chi connectivity index (χ4n) is 2.72. The molecule has 0 amide bonds. The molecular formula is C19H19NO2. The van der Waals surface area contributed by atoms with Crippen LogP contribution in [0.5, 0.6) is 0 Å². The fraction of sp³-hybridized carbons (Fsp3) is 0.211. The number of morpholine rings is 1. The molecule has 3 heteroatoms. The molecule has 3 rings (SSSR count). The number of aldehydes is 1. The molecule has 112 valence electrons. The van der Waals surface area contributed by atoms with Gasteiger partial charge in [0.05, 0.1) is 13.2 Å². The summed E-state index contributed by atoms with van der Waals surface area (Å²) in [7, 11) is 0. The van der Waals surface area contributed by atoms with E-state index in [1.807, 2.05) is 30.3 Å². The Bertz CT molecular complexity index is 641. The highest BCUT2D eigenvalue weighted by Crippen LogP contribution is 2.25. The summed E-state index contributed by atoms with van der Waals surface area (Å²) < 4.78 is 5.38. The Morgan fingerprint density at radius 2 is 1.55 bits per heavy atom. The highest BCUT2D eigenvalue weighted by molar-refractivity contribution is 5.89. The van der Waals surface area contributed by atoms with Gasteiger partial charge in [-0.2, -0.15) is 0 Å². The Hall–Kier alpha value is -2.39. The molecular weight excluding hydrogens is 274 g/mol. The molecule has 0 N–H and O–H groups in total. The monoisotopic (exact) mass is 293 g/mol. The molecule has 1 heterocycles. The summed E-state index contributed by atoms with van der Waals surface area (Å²) in [5.74, 6) is 0. The number of rotatable bonds is 4. The van der Waals surface area contributed by atoms with Gasteiger partial charge in [0.2, 0.25) is 0 Å². The quantitative estimate of drug-likeness (QED) is 0.640. The Morgan fingerprint density at radius 3 is 2.18 bits per heavy atom.